The van der Waals surface area contributed by atoms with Crippen LogP contribution in [-0.4, -0.2) is 0 Å². The van der Waals surface area contributed by atoms with Crippen molar-refractivity contribution in [2.75, 3.05) is 0 Å². The quantitative estimate of drug-likeness (QED) is 0.590. The van der Waals surface area contributed by atoms with Gasteiger partial charge in [0.25, 0.3) is 0 Å². The third kappa shape index (κ3) is 12.8. The highest BCUT2D eigenvalue weighted by atomic mass is 127. The minimum Gasteiger partial charge on any atom is -1.00 e. The number of aromatic nitrogens is 1. The summed E-state index contributed by atoms with van der Waals surface area (Å²) in [5.41, 5.74) is 1.32. The van der Waals surface area contributed by atoms with Crippen molar-refractivity contribution in [1.29, 1.82) is 0 Å². The number of hydrogen-bond donors (Lipinski definition) is 0. The fourth-order valence-electron chi connectivity index (χ4n) is 0.342. The Morgan fingerprint density at radius 3 is 1.75 bits per heavy atom. The molecule has 68 valence electrons. The number of rotatable bonds is 0. The Kier molecular flexibility index (Phi) is 13.7. The maximum absolute atomic E-state index is 5.19. The number of allylic oxidation sites excluding steroid dienone is 1. The molecule has 0 aliphatic heterocycles. The van der Waals surface area contributed by atoms with Gasteiger partial charge < -0.3 is 24.0 Å². The highest BCUT2D eigenvalue weighted by Gasteiger charge is 1.66. The molecule has 1 aromatic rings. The molecule has 1 nitrogen and oxygen atoms in total. The first-order valence-electron chi connectivity index (χ1n) is 3.11. The van der Waals surface area contributed by atoms with E-state index < -0.39 is 0 Å². The molecule has 0 aromatic carbocycles. The normalized spacial score (nSPS) is 9.08. The molecule has 0 atom stereocenters. The van der Waals surface area contributed by atoms with Gasteiger partial charge in [0.05, 0.1) is 0 Å². The number of aromatic amines is 1. The standard InChI is InChI=1S/C5H5N.C3H4Cl2.HI/c1-2-4-6-5-3-1;1-3(5)2-4;/h1-5H;2H,1H3;1H. The molecule has 0 amide bonds. The molecule has 0 radical (unpaired) electrons. The van der Waals surface area contributed by atoms with Crippen LogP contribution < -0.4 is 29.0 Å². The molecule has 0 bridgehead atoms. The second-order valence-corrected chi connectivity index (χ2v) is 2.59. The molecule has 12 heavy (non-hydrogen) atoms. The molecule has 0 aliphatic rings. The number of pyridine rings is 1. The Morgan fingerprint density at radius 1 is 1.25 bits per heavy atom. The molecule has 0 spiro atoms. The van der Waals surface area contributed by atoms with E-state index in [0.29, 0.717) is 5.03 Å². The van der Waals surface area contributed by atoms with Crippen molar-refractivity contribution in [3.05, 3.63) is 41.2 Å². The minimum atomic E-state index is 0. The number of H-pyrrole nitrogens is 1. The largest absolute Gasteiger partial charge is 1.00 e. The summed E-state index contributed by atoms with van der Waals surface area (Å²) in [4.78, 5) is 2.89. The summed E-state index contributed by atoms with van der Waals surface area (Å²) >= 11 is 10.2. The first kappa shape index (κ1) is 14.7. The van der Waals surface area contributed by atoms with Gasteiger partial charge in [0.2, 0.25) is 0 Å². The fourth-order valence-corrected chi connectivity index (χ4v) is 0.342. The van der Waals surface area contributed by atoms with Crippen LogP contribution in [0.15, 0.2) is 41.2 Å². The second kappa shape index (κ2) is 11.2. The summed E-state index contributed by atoms with van der Waals surface area (Å²) in [6.07, 6.45) is 3.75. The van der Waals surface area contributed by atoms with Crippen molar-refractivity contribution in [3.8, 4) is 0 Å². The predicted molar refractivity (Wildman–Crippen MR) is 48.5 cm³/mol. The first-order valence-corrected chi connectivity index (χ1v) is 3.92. The van der Waals surface area contributed by atoms with Gasteiger partial charge in [0.1, 0.15) is 0 Å². The van der Waals surface area contributed by atoms with Crippen LogP contribution in [0.25, 0.3) is 0 Å². The third-order valence-electron chi connectivity index (χ3n) is 0.757. The van der Waals surface area contributed by atoms with E-state index in [1.54, 1.807) is 6.92 Å². The number of hydrogen-bond acceptors (Lipinski definition) is 0. The van der Waals surface area contributed by atoms with Gasteiger partial charge in [-0.25, -0.2) is 4.98 Å². The number of halogens is 3. The second-order valence-electron chi connectivity index (χ2n) is 1.77. The Bertz CT molecular complexity index is 171. The van der Waals surface area contributed by atoms with Gasteiger partial charge in [-0.3, -0.25) is 0 Å². The Labute approximate surface area is 99.8 Å². The van der Waals surface area contributed by atoms with E-state index >= 15 is 0 Å². The smallest absolute Gasteiger partial charge is 0.166 e. The topological polar surface area (TPSA) is 14.1 Å². The van der Waals surface area contributed by atoms with Crippen molar-refractivity contribution < 1.29 is 29.0 Å². The average Bonchev–Trinajstić information content (AvgIpc) is 2.09. The van der Waals surface area contributed by atoms with Crippen LogP contribution in [0.2, 0.25) is 0 Å². The molecule has 1 N–H and O–H groups in total. The fraction of sp³-hybridized carbons (Fsp3) is 0.125. The van der Waals surface area contributed by atoms with Crippen LogP contribution >= 0.6 is 23.2 Å². The molecule has 4 heteroatoms. The van der Waals surface area contributed by atoms with E-state index in [4.69, 9.17) is 23.2 Å². The molecular formula is C8H10Cl2IN. The highest BCUT2D eigenvalue weighted by molar-refractivity contribution is 6.36. The molecular weight excluding hydrogens is 308 g/mol. The summed E-state index contributed by atoms with van der Waals surface area (Å²) in [6.45, 7) is 1.72. The van der Waals surface area contributed by atoms with Crippen LogP contribution in [0.4, 0.5) is 0 Å². The van der Waals surface area contributed by atoms with E-state index in [1.165, 1.54) is 5.54 Å². The van der Waals surface area contributed by atoms with Gasteiger partial charge in [-0.05, 0) is 6.92 Å². The van der Waals surface area contributed by atoms with E-state index in [-0.39, 0.29) is 24.0 Å². The lowest BCUT2D eigenvalue weighted by Crippen LogP contribution is -3.00. The number of nitrogens with one attached hydrogen (secondary N) is 1. The first-order chi connectivity index (χ1) is 5.27. The van der Waals surface area contributed by atoms with Gasteiger partial charge >= 0.3 is 0 Å². The zero-order chi connectivity index (χ0) is 8.53. The van der Waals surface area contributed by atoms with Crippen molar-refractivity contribution in [1.82, 2.24) is 0 Å². The van der Waals surface area contributed by atoms with E-state index in [0.717, 1.165) is 0 Å². The maximum Gasteiger partial charge on any atom is 0.166 e. The molecule has 0 unspecified atom stereocenters. The lowest BCUT2D eigenvalue weighted by Gasteiger charge is -1.68. The Morgan fingerprint density at radius 2 is 1.67 bits per heavy atom. The van der Waals surface area contributed by atoms with Crippen molar-refractivity contribution in [3.63, 3.8) is 0 Å². The Balaban J connectivity index is 0. The van der Waals surface area contributed by atoms with Crippen LogP contribution in [0, 0.1) is 0 Å². The van der Waals surface area contributed by atoms with E-state index in [2.05, 4.69) is 4.98 Å². The van der Waals surface area contributed by atoms with Gasteiger partial charge in [-0.2, -0.15) is 0 Å². The van der Waals surface area contributed by atoms with Crippen LogP contribution in [0.1, 0.15) is 6.92 Å². The molecule has 1 rings (SSSR count). The zero-order valence-corrected chi connectivity index (χ0v) is 10.3. The van der Waals surface area contributed by atoms with E-state index in [1.807, 2.05) is 30.6 Å². The minimum absolute atomic E-state index is 0. The monoisotopic (exact) mass is 317 g/mol. The highest BCUT2D eigenvalue weighted by Crippen LogP contribution is 1.97. The summed E-state index contributed by atoms with van der Waals surface area (Å²) in [5.74, 6) is 0. The van der Waals surface area contributed by atoms with Crippen molar-refractivity contribution in [2.24, 2.45) is 0 Å². The molecule has 0 aliphatic carbocycles. The Hall–Kier alpha value is 0.200. The van der Waals surface area contributed by atoms with Crippen molar-refractivity contribution in [2.45, 2.75) is 6.92 Å². The zero-order valence-electron chi connectivity index (χ0n) is 6.60. The summed E-state index contributed by atoms with van der Waals surface area (Å²) < 4.78 is 0. The summed E-state index contributed by atoms with van der Waals surface area (Å²) in [6, 6.07) is 5.86. The lowest BCUT2D eigenvalue weighted by molar-refractivity contribution is -0.377. The van der Waals surface area contributed by atoms with Crippen LogP contribution in [0.3, 0.4) is 0 Å². The maximum atomic E-state index is 5.19. The molecule has 0 fully saturated rings. The third-order valence-corrected chi connectivity index (χ3v) is 1.31. The van der Waals surface area contributed by atoms with E-state index in [9.17, 15) is 0 Å². The lowest BCUT2D eigenvalue weighted by atomic mass is 10.5. The average molecular weight is 318 g/mol. The molecule has 0 saturated carbocycles. The molecule has 0 saturated heterocycles. The van der Waals surface area contributed by atoms with Gasteiger partial charge in [0.15, 0.2) is 12.4 Å². The summed E-state index contributed by atoms with van der Waals surface area (Å²) in [5, 5.41) is 0.617. The van der Waals surface area contributed by atoms with Crippen LogP contribution in [-0.2, 0) is 0 Å². The van der Waals surface area contributed by atoms with Crippen molar-refractivity contribution >= 4 is 23.2 Å². The van der Waals surface area contributed by atoms with Gasteiger partial charge in [0, 0.05) is 22.7 Å². The van der Waals surface area contributed by atoms with Gasteiger partial charge in [-0.15, -0.1) is 0 Å². The summed E-state index contributed by atoms with van der Waals surface area (Å²) in [7, 11) is 0. The van der Waals surface area contributed by atoms with Crippen LogP contribution in [0.5, 0.6) is 0 Å². The SMILES string of the molecule is CC(Cl)=CCl.[I-].c1cc[nH+]cc1. The molecule has 1 heterocycles. The predicted octanol–water partition coefficient (Wildman–Crippen LogP) is -0.170. The van der Waals surface area contributed by atoms with Gasteiger partial charge in [-0.1, -0.05) is 29.3 Å². The molecule has 1 aromatic heterocycles.